The van der Waals surface area contributed by atoms with Crippen molar-refractivity contribution in [2.45, 2.75) is 18.9 Å². The molecule has 2 heterocycles. The second-order valence-electron chi connectivity index (χ2n) is 5.17. The van der Waals surface area contributed by atoms with Gasteiger partial charge in [-0.1, -0.05) is 0 Å². The van der Waals surface area contributed by atoms with Crippen molar-refractivity contribution >= 4 is 15.8 Å². The van der Waals surface area contributed by atoms with Crippen LogP contribution in [0.4, 0.5) is 0 Å². The molecule has 1 fully saturated rings. The van der Waals surface area contributed by atoms with Crippen molar-refractivity contribution in [3.05, 3.63) is 18.0 Å². The molecule has 112 valence electrons. The molecule has 1 aliphatic heterocycles. The highest BCUT2D eigenvalue weighted by Gasteiger charge is 2.32. The van der Waals surface area contributed by atoms with Gasteiger partial charge in [-0.2, -0.15) is 5.10 Å². The number of sulfone groups is 1. The van der Waals surface area contributed by atoms with Gasteiger partial charge in [0, 0.05) is 32.4 Å². The highest BCUT2D eigenvalue weighted by molar-refractivity contribution is 7.91. The predicted molar refractivity (Wildman–Crippen MR) is 73.2 cm³/mol. The first kappa shape index (κ1) is 15.0. The Kier molecular flexibility index (Phi) is 4.44. The Morgan fingerprint density at radius 2 is 2.30 bits per heavy atom. The van der Waals surface area contributed by atoms with Crippen molar-refractivity contribution in [3.63, 3.8) is 0 Å². The molecule has 1 saturated heterocycles. The van der Waals surface area contributed by atoms with Crippen molar-refractivity contribution in [2.75, 3.05) is 24.6 Å². The maximum Gasteiger partial charge on any atom is 0.304 e. The van der Waals surface area contributed by atoms with Crippen molar-refractivity contribution < 1.29 is 18.3 Å². The van der Waals surface area contributed by atoms with E-state index in [1.54, 1.807) is 10.9 Å². The van der Waals surface area contributed by atoms with Gasteiger partial charge in [-0.25, -0.2) is 8.42 Å². The van der Waals surface area contributed by atoms with E-state index in [4.69, 9.17) is 5.11 Å². The predicted octanol–water partition coefficient (Wildman–Crippen LogP) is -0.464. The monoisotopic (exact) mass is 301 g/mol. The van der Waals surface area contributed by atoms with Gasteiger partial charge in [0.1, 0.15) is 0 Å². The molecular formula is C12H19N3O4S. The van der Waals surface area contributed by atoms with Gasteiger partial charge in [0.15, 0.2) is 9.84 Å². The normalized spacial score (nSPS) is 22.8. The summed E-state index contributed by atoms with van der Waals surface area (Å²) in [6, 6.07) is -0.428. The van der Waals surface area contributed by atoms with Gasteiger partial charge in [0.25, 0.3) is 0 Å². The lowest BCUT2D eigenvalue weighted by Gasteiger charge is -2.34. The Hall–Kier alpha value is -1.41. The third-order valence-electron chi connectivity index (χ3n) is 3.51. The number of hydrogen-bond donors (Lipinski definition) is 1. The van der Waals surface area contributed by atoms with Gasteiger partial charge in [-0.3, -0.25) is 14.4 Å². The van der Waals surface area contributed by atoms with Crippen LogP contribution in [0, 0.1) is 0 Å². The number of rotatable bonds is 5. The van der Waals surface area contributed by atoms with E-state index < -0.39 is 21.8 Å². The summed E-state index contributed by atoms with van der Waals surface area (Å²) in [7, 11) is -1.27. The second kappa shape index (κ2) is 5.92. The molecular weight excluding hydrogens is 282 g/mol. The smallest absolute Gasteiger partial charge is 0.304 e. The Morgan fingerprint density at radius 3 is 2.90 bits per heavy atom. The molecule has 0 aliphatic carbocycles. The summed E-state index contributed by atoms with van der Waals surface area (Å²) in [6.07, 6.45) is 4.29. The third kappa shape index (κ3) is 4.04. The number of nitrogens with zero attached hydrogens (tertiary/aromatic N) is 3. The van der Waals surface area contributed by atoms with Crippen molar-refractivity contribution in [1.82, 2.24) is 14.7 Å². The largest absolute Gasteiger partial charge is 0.481 e. The minimum atomic E-state index is -3.11. The summed E-state index contributed by atoms with van der Waals surface area (Å²) in [5, 5.41) is 13.0. The van der Waals surface area contributed by atoms with E-state index in [9.17, 15) is 13.2 Å². The first-order valence-electron chi connectivity index (χ1n) is 6.49. The number of carboxylic acid groups (broad SMARTS) is 1. The second-order valence-corrected chi connectivity index (χ2v) is 7.40. The molecule has 1 N–H and O–H groups in total. The van der Waals surface area contributed by atoms with Crippen LogP contribution in [0.5, 0.6) is 0 Å². The standard InChI is InChI=1S/C12H19N3O4S/c1-14-8-10(7-13-14)2-3-15-4-5-20(18,19)9-11(15)6-12(16)17/h7-8,11H,2-6,9H2,1H3,(H,16,17). The van der Waals surface area contributed by atoms with Gasteiger partial charge in [-0.05, 0) is 12.0 Å². The topological polar surface area (TPSA) is 92.5 Å². The lowest BCUT2D eigenvalue weighted by molar-refractivity contribution is -0.138. The fourth-order valence-corrected chi connectivity index (χ4v) is 4.07. The van der Waals surface area contributed by atoms with Crippen molar-refractivity contribution in [3.8, 4) is 0 Å². The van der Waals surface area contributed by atoms with E-state index in [2.05, 4.69) is 5.10 Å². The van der Waals surface area contributed by atoms with Gasteiger partial charge < -0.3 is 5.11 Å². The van der Waals surface area contributed by atoms with E-state index in [0.29, 0.717) is 13.1 Å². The summed E-state index contributed by atoms with van der Waals surface area (Å²) in [5.74, 6) is -0.916. The average molecular weight is 301 g/mol. The number of carbonyl (C=O) groups is 1. The Balaban J connectivity index is 1.98. The van der Waals surface area contributed by atoms with Crippen LogP contribution in [0.15, 0.2) is 12.4 Å². The Bertz CT molecular complexity index is 581. The Morgan fingerprint density at radius 1 is 1.55 bits per heavy atom. The zero-order valence-corrected chi connectivity index (χ0v) is 12.2. The molecule has 0 amide bonds. The van der Waals surface area contributed by atoms with Crippen LogP contribution in [0.2, 0.25) is 0 Å². The molecule has 2 rings (SSSR count). The summed E-state index contributed by atoms with van der Waals surface area (Å²) in [4.78, 5) is 12.8. The maximum atomic E-state index is 11.6. The SMILES string of the molecule is Cn1cc(CCN2CCS(=O)(=O)CC2CC(=O)O)cn1. The van der Waals surface area contributed by atoms with E-state index in [1.165, 1.54) is 0 Å². The van der Waals surface area contributed by atoms with Crippen LogP contribution in [-0.4, -0.2) is 64.8 Å². The lowest BCUT2D eigenvalue weighted by atomic mass is 10.1. The van der Waals surface area contributed by atoms with Crippen LogP contribution in [0.3, 0.4) is 0 Å². The number of aliphatic carboxylic acids is 1. The van der Waals surface area contributed by atoms with Crippen molar-refractivity contribution in [1.29, 1.82) is 0 Å². The Labute approximate surface area is 118 Å². The van der Waals surface area contributed by atoms with Crippen molar-refractivity contribution in [2.24, 2.45) is 7.05 Å². The molecule has 1 unspecified atom stereocenters. The molecule has 20 heavy (non-hydrogen) atoms. The first-order valence-corrected chi connectivity index (χ1v) is 8.32. The fourth-order valence-electron chi connectivity index (χ4n) is 2.48. The fraction of sp³-hybridized carbons (Fsp3) is 0.667. The van der Waals surface area contributed by atoms with Crippen LogP contribution < -0.4 is 0 Å². The zero-order chi connectivity index (χ0) is 14.8. The van der Waals surface area contributed by atoms with E-state index in [0.717, 1.165) is 12.0 Å². The number of hydrogen-bond acceptors (Lipinski definition) is 5. The molecule has 8 heteroatoms. The summed E-state index contributed by atoms with van der Waals surface area (Å²) >= 11 is 0. The molecule has 0 aromatic carbocycles. The third-order valence-corrected chi connectivity index (χ3v) is 5.21. The summed E-state index contributed by atoms with van der Waals surface area (Å²) < 4.78 is 25.0. The highest BCUT2D eigenvalue weighted by atomic mass is 32.2. The average Bonchev–Trinajstić information content (AvgIpc) is 2.72. The zero-order valence-electron chi connectivity index (χ0n) is 11.4. The minimum Gasteiger partial charge on any atom is -0.481 e. The lowest BCUT2D eigenvalue weighted by Crippen LogP contribution is -2.49. The van der Waals surface area contributed by atoms with Crippen LogP contribution >= 0.6 is 0 Å². The number of carboxylic acids is 1. The number of aromatic nitrogens is 2. The molecule has 1 aromatic rings. The van der Waals surface area contributed by atoms with Gasteiger partial charge >= 0.3 is 5.97 Å². The van der Waals surface area contributed by atoms with E-state index in [1.807, 2.05) is 18.1 Å². The molecule has 0 radical (unpaired) electrons. The molecule has 0 saturated carbocycles. The van der Waals surface area contributed by atoms with E-state index >= 15 is 0 Å². The van der Waals surface area contributed by atoms with Gasteiger partial charge in [0.05, 0.1) is 24.1 Å². The molecule has 1 atom stereocenters. The highest BCUT2D eigenvalue weighted by Crippen LogP contribution is 2.15. The summed E-state index contributed by atoms with van der Waals surface area (Å²) in [6.45, 7) is 1.06. The molecule has 1 aliphatic rings. The quantitative estimate of drug-likeness (QED) is 0.791. The molecule has 1 aromatic heterocycles. The molecule has 0 spiro atoms. The van der Waals surface area contributed by atoms with Gasteiger partial charge in [0.2, 0.25) is 0 Å². The minimum absolute atomic E-state index is 0.0632. The van der Waals surface area contributed by atoms with Crippen LogP contribution in [0.25, 0.3) is 0 Å². The van der Waals surface area contributed by atoms with Gasteiger partial charge in [-0.15, -0.1) is 0 Å². The van der Waals surface area contributed by atoms with E-state index in [-0.39, 0.29) is 17.9 Å². The van der Waals surface area contributed by atoms with Crippen LogP contribution in [-0.2, 0) is 28.1 Å². The first-order chi connectivity index (χ1) is 9.35. The molecule has 7 nitrogen and oxygen atoms in total. The molecule has 0 bridgehead atoms. The maximum absolute atomic E-state index is 11.6. The number of aryl methyl sites for hydroxylation is 1. The summed E-state index contributed by atoms with van der Waals surface area (Å²) in [5.41, 5.74) is 1.06. The van der Waals surface area contributed by atoms with Crippen LogP contribution in [0.1, 0.15) is 12.0 Å².